The van der Waals surface area contributed by atoms with Gasteiger partial charge in [-0.15, -0.1) is 0 Å². The van der Waals surface area contributed by atoms with Gasteiger partial charge in [0.05, 0.1) is 0 Å². The summed E-state index contributed by atoms with van der Waals surface area (Å²) in [4.78, 5) is 1.41. The Balaban J connectivity index is 2.14. The number of nitrogens with one attached hydrogen (secondary N) is 1. The molecule has 0 amide bonds. The molecule has 0 unspecified atom stereocenters. The summed E-state index contributed by atoms with van der Waals surface area (Å²) in [6.07, 6.45) is 1.82. The Morgan fingerprint density at radius 2 is 2.10 bits per heavy atom. The number of sulfone groups is 1. The second kappa shape index (κ2) is 1.83. The Morgan fingerprint density at radius 1 is 1.40 bits per heavy atom. The van der Waals surface area contributed by atoms with Crippen molar-refractivity contribution in [3.8, 4) is 0 Å². The van der Waals surface area contributed by atoms with Gasteiger partial charge in [-0.3, -0.25) is 0 Å². The van der Waals surface area contributed by atoms with Gasteiger partial charge < -0.3 is 4.90 Å². The molecular formula is C6H10NO2S+. The molecule has 2 rings (SSSR count). The Bertz CT molecular complexity index is 263. The molecule has 0 spiro atoms. The van der Waals surface area contributed by atoms with Crippen molar-refractivity contribution in [2.24, 2.45) is 0 Å². The second-order valence-electron chi connectivity index (χ2n) is 2.92. The monoisotopic (exact) mass is 160 g/mol. The van der Waals surface area contributed by atoms with Gasteiger partial charge in [0.25, 0.3) is 0 Å². The van der Waals surface area contributed by atoms with Gasteiger partial charge in [-0.1, -0.05) is 0 Å². The van der Waals surface area contributed by atoms with Crippen molar-refractivity contribution in [3.63, 3.8) is 0 Å². The van der Waals surface area contributed by atoms with E-state index in [9.17, 15) is 8.42 Å². The fourth-order valence-corrected chi connectivity index (χ4v) is 2.66. The maximum absolute atomic E-state index is 10.9. The SMILES string of the molecule is O=S1(=O)C=C[C@H]([NH+]2CC2)C1. The fraction of sp³-hybridized carbons (Fsp3) is 0.667. The van der Waals surface area contributed by atoms with Crippen molar-refractivity contribution in [2.45, 2.75) is 6.04 Å². The first-order chi connectivity index (χ1) is 4.67. The van der Waals surface area contributed by atoms with E-state index in [0.29, 0.717) is 5.75 Å². The zero-order valence-corrected chi connectivity index (χ0v) is 6.39. The molecular weight excluding hydrogens is 150 g/mol. The summed E-state index contributed by atoms with van der Waals surface area (Å²) in [5, 5.41) is 1.35. The molecule has 0 aromatic rings. The third kappa shape index (κ3) is 1.09. The molecule has 0 aromatic carbocycles. The van der Waals surface area contributed by atoms with Crippen LogP contribution in [0.25, 0.3) is 0 Å². The minimum Gasteiger partial charge on any atom is -0.319 e. The average Bonchev–Trinajstić information content (AvgIpc) is 2.59. The van der Waals surface area contributed by atoms with Gasteiger partial charge >= 0.3 is 0 Å². The van der Waals surface area contributed by atoms with E-state index in [2.05, 4.69) is 0 Å². The third-order valence-electron chi connectivity index (χ3n) is 1.99. The summed E-state index contributed by atoms with van der Waals surface area (Å²) >= 11 is 0. The van der Waals surface area contributed by atoms with E-state index >= 15 is 0 Å². The van der Waals surface area contributed by atoms with Crippen LogP contribution in [-0.2, 0) is 9.84 Å². The molecule has 1 atom stereocenters. The van der Waals surface area contributed by atoms with Crippen LogP contribution in [0.4, 0.5) is 0 Å². The summed E-state index contributed by atoms with van der Waals surface area (Å²) in [5.41, 5.74) is 0. The van der Waals surface area contributed by atoms with Crippen LogP contribution in [0, 0.1) is 0 Å². The minimum atomic E-state index is -2.80. The van der Waals surface area contributed by atoms with E-state index in [1.807, 2.05) is 6.08 Å². The van der Waals surface area contributed by atoms with Gasteiger partial charge in [-0.2, -0.15) is 0 Å². The predicted octanol–water partition coefficient (Wildman–Crippen LogP) is -1.80. The van der Waals surface area contributed by atoms with Crippen LogP contribution in [0.15, 0.2) is 11.5 Å². The standard InChI is InChI=1S/C6H9NO2S/c8-10(9)4-1-6(5-10)7-2-3-7/h1,4,6H,2-3,5H2/p+1/t6-/m0/s1. The van der Waals surface area contributed by atoms with Crippen LogP contribution in [0.5, 0.6) is 0 Å². The molecule has 0 bridgehead atoms. The second-order valence-corrected chi connectivity index (χ2v) is 4.85. The molecule has 0 saturated carbocycles. The first kappa shape index (κ1) is 6.37. The van der Waals surface area contributed by atoms with Gasteiger partial charge in [0.15, 0.2) is 9.84 Å². The number of rotatable bonds is 1. The zero-order valence-electron chi connectivity index (χ0n) is 5.58. The topological polar surface area (TPSA) is 38.6 Å². The number of quaternary nitrogens is 1. The molecule has 2 heterocycles. The fourth-order valence-electron chi connectivity index (χ4n) is 1.27. The van der Waals surface area contributed by atoms with E-state index in [1.54, 1.807) is 0 Å². The summed E-state index contributed by atoms with van der Waals surface area (Å²) in [7, 11) is -2.80. The molecule has 10 heavy (non-hydrogen) atoms. The molecule has 2 aliphatic heterocycles. The molecule has 1 saturated heterocycles. The molecule has 0 aromatic heterocycles. The zero-order chi connectivity index (χ0) is 7.19. The summed E-state index contributed by atoms with van der Waals surface area (Å²) in [6, 6.07) is 0.269. The van der Waals surface area contributed by atoms with Crippen molar-refractivity contribution in [2.75, 3.05) is 18.8 Å². The van der Waals surface area contributed by atoms with Crippen molar-refractivity contribution < 1.29 is 13.3 Å². The molecule has 0 radical (unpaired) electrons. The normalized spacial score (nSPS) is 36.6. The van der Waals surface area contributed by atoms with E-state index in [4.69, 9.17) is 0 Å². The van der Waals surface area contributed by atoms with Crippen molar-refractivity contribution in [3.05, 3.63) is 11.5 Å². The Labute approximate surface area is 60.2 Å². The minimum absolute atomic E-state index is 0.269. The summed E-state index contributed by atoms with van der Waals surface area (Å²) in [5.74, 6) is 0.336. The lowest BCUT2D eigenvalue weighted by Gasteiger charge is -2.00. The molecule has 4 heteroatoms. The van der Waals surface area contributed by atoms with Crippen LogP contribution in [0.2, 0.25) is 0 Å². The first-order valence-electron chi connectivity index (χ1n) is 3.43. The van der Waals surface area contributed by atoms with Crippen LogP contribution in [-0.4, -0.2) is 33.3 Å². The Kier molecular flexibility index (Phi) is 1.16. The van der Waals surface area contributed by atoms with Gasteiger partial charge in [-0.25, -0.2) is 8.42 Å². The smallest absolute Gasteiger partial charge is 0.177 e. The molecule has 1 fully saturated rings. The van der Waals surface area contributed by atoms with Crippen LogP contribution < -0.4 is 4.90 Å². The van der Waals surface area contributed by atoms with E-state index in [1.165, 1.54) is 10.3 Å². The summed E-state index contributed by atoms with van der Waals surface area (Å²) < 4.78 is 21.7. The van der Waals surface area contributed by atoms with Crippen molar-refractivity contribution in [1.82, 2.24) is 0 Å². The van der Waals surface area contributed by atoms with Crippen LogP contribution >= 0.6 is 0 Å². The van der Waals surface area contributed by atoms with Crippen molar-refractivity contribution in [1.29, 1.82) is 0 Å². The predicted molar refractivity (Wildman–Crippen MR) is 37.4 cm³/mol. The highest BCUT2D eigenvalue weighted by Gasteiger charge is 2.37. The highest BCUT2D eigenvalue weighted by Crippen LogP contribution is 2.06. The molecule has 0 aliphatic carbocycles. The lowest BCUT2D eigenvalue weighted by Crippen LogP contribution is -2.97. The number of hydrogen-bond acceptors (Lipinski definition) is 2. The van der Waals surface area contributed by atoms with Crippen LogP contribution in [0.3, 0.4) is 0 Å². The lowest BCUT2D eigenvalue weighted by atomic mass is 10.3. The number of hydrogen-bond donors (Lipinski definition) is 1. The van der Waals surface area contributed by atoms with Crippen LogP contribution in [0.1, 0.15) is 0 Å². The maximum atomic E-state index is 10.9. The highest BCUT2D eigenvalue weighted by atomic mass is 32.2. The van der Waals surface area contributed by atoms with Gasteiger partial charge in [0.1, 0.15) is 24.9 Å². The average molecular weight is 160 g/mol. The first-order valence-corrected chi connectivity index (χ1v) is 5.14. The molecule has 56 valence electrons. The lowest BCUT2D eigenvalue weighted by molar-refractivity contribution is -0.777. The van der Waals surface area contributed by atoms with Crippen molar-refractivity contribution >= 4 is 9.84 Å². The largest absolute Gasteiger partial charge is 0.319 e. The molecule has 3 nitrogen and oxygen atoms in total. The Morgan fingerprint density at radius 3 is 2.50 bits per heavy atom. The van der Waals surface area contributed by atoms with E-state index < -0.39 is 9.84 Å². The third-order valence-corrected chi connectivity index (χ3v) is 3.39. The Hall–Kier alpha value is -0.350. The summed E-state index contributed by atoms with van der Waals surface area (Å²) in [6.45, 7) is 2.29. The van der Waals surface area contributed by atoms with Gasteiger partial charge in [-0.05, 0) is 6.08 Å². The van der Waals surface area contributed by atoms with Gasteiger partial charge in [0.2, 0.25) is 0 Å². The molecule has 1 N–H and O–H groups in total. The van der Waals surface area contributed by atoms with E-state index in [0.717, 1.165) is 13.1 Å². The molecule has 2 aliphatic rings. The van der Waals surface area contributed by atoms with E-state index in [-0.39, 0.29) is 6.04 Å². The quantitative estimate of drug-likeness (QED) is 0.459. The highest BCUT2D eigenvalue weighted by molar-refractivity contribution is 7.94. The maximum Gasteiger partial charge on any atom is 0.177 e. The van der Waals surface area contributed by atoms with Gasteiger partial charge in [0, 0.05) is 5.41 Å².